The molecule has 218 valence electrons. The Kier molecular flexibility index (Phi) is 33.3. The minimum absolute atomic E-state index is 0.0902. The van der Waals surface area contributed by atoms with Crippen molar-refractivity contribution in [2.45, 2.75) is 58.8 Å². The van der Waals surface area contributed by atoms with Crippen LogP contribution in [0.1, 0.15) is 58.8 Å². The summed E-state index contributed by atoms with van der Waals surface area (Å²) in [6, 6.07) is 6.95. The standard InChI is InChI=1S/C12H18N4O2.C6H10N2O.C3H5N3O.C3H4N2O/c1-14-10-12(18)16-9-5-3-2-4-8-15-11(17)6-7-13;1-4(3-7)5(2)6(8)9;4-2-1-3(7)6-5;4-2-1-3(5)6/h2-6,8-10H2,(H,15,17)(H,16,18);4-5H,1-2H3,(H2,8,9);1,5H2,(H,6,7);1H2,(H2,5,6). The molecule has 0 rings (SSSR count). The Morgan fingerprint density at radius 2 is 1.23 bits per heavy atom. The van der Waals surface area contributed by atoms with Gasteiger partial charge in [0.05, 0.1) is 36.1 Å². The lowest BCUT2D eigenvalue weighted by molar-refractivity contribution is -0.122. The number of hydrogen-bond acceptors (Lipinski definition) is 10. The van der Waals surface area contributed by atoms with Crippen LogP contribution in [0.3, 0.4) is 0 Å². The van der Waals surface area contributed by atoms with E-state index in [1.54, 1.807) is 37.5 Å². The fourth-order valence-electron chi connectivity index (χ4n) is 1.88. The number of nitriles is 4. The average molecular weight is 560 g/mol. The number of carbonyl (C=O) groups excluding carboxylic acids is 5. The van der Waals surface area contributed by atoms with E-state index < -0.39 is 17.7 Å². The normalized spacial score (nSPS) is 9.75. The molecule has 16 nitrogen and oxygen atoms in total. The number of hydrazine groups is 1. The molecule has 16 heteroatoms. The minimum Gasteiger partial charge on any atom is -0.369 e. The lowest BCUT2D eigenvalue weighted by atomic mass is 9.97. The largest absolute Gasteiger partial charge is 0.369 e. The second-order valence-electron chi connectivity index (χ2n) is 7.58. The van der Waals surface area contributed by atoms with Gasteiger partial charge >= 0.3 is 0 Å². The maximum atomic E-state index is 10.9. The van der Waals surface area contributed by atoms with Crippen LogP contribution in [0.25, 0.3) is 4.85 Å². The van der Waals surface area contributed by atoms with Gasteiger partial charge in [0, 0.05) is 13.1 Å². The fourth-order valence-corrected chi connectivity index (χ4v) is 1.88. The van der Waals surface area contributed by atoms with Crippen molar-refractivity contribution in [3.05, 3.63) is 11.4 Å². The van der Waals surface area contributed by atoms with Crippen LogP contribution in [0.4, 0.5) is 0 Å². The summed E-state index contributed by atoms with van der Waals surface area (Å²) < 4.78 is 0. The lowest BCUT2D eigenvalue weighted by Gasteiger charge is -2.06. The third-order valence-corrected chi connectivity index (χ3v) is 4.27. The first kappa shape index (κ1) is 41.9. The lowest BCUT2D eigenvalue weighted by Crippen LogP contribution is -2.29. The summed E-state index contributed by atoms with van der Waals surface area (Å²) in [5, 5.41) is 37.3. The summed E-state index contributed by atoms with van der Waals surface area (Å²) in [4.78, 5) is 54.7. The van der Waals surface area contributed by atoms with Crippen molar-refractivity contribution in [1.29, 1.82) is 21.0 Å². The number of nitrogens with zero attached hydrogens (tertiary/aromatic N) is 5. The topological polar surface area (TPSA) is 299 Å². The van der Waals surface area contributed by atoms with E-state index in [1.165, 1.54) is 0 Å². The highest BCUT2D eigenvalue weighted by Gasteiger charge is 2.15. The second-order valence-corrected chi connectivity index (χ2v) is 7.58. The number of unbranched alkanes of at least 4 members (excludes halogenated alkanes) is 3. The predicted molar refractivity (Wildman–Crippen MR) is 141 cm³/mol. The summed E-state index contributed by atoms with van der Waals surface area (Å²) in [6.45, 7) is 10.9. The van der Waals surface area contributed by atoms with Crippen LogP contribution in [0.15, 0.2) is 0 Å². The first-order valence-electron chi connectivity index (χ1n) is 11.8. The molecule has 0 aromatic heterocycles. The smallest absolute Gasteiger partial charge is 0.300 e. The van der Waals surface area contributed by atoms with Crippen LogP contribution in [0.5, 0.6) is 0 Å². The second kappa shape index (κ2) is 31.8. The molecule has 2 atom stereocenters. The first-order chi connectivity index (χ1) is 18.9. The van der Waals surface area contributed by atoms with Gasteiger partial charge in [0.2, 0.25) is 23.6 Å². The van der Waals surface area contributed by atoms with Crippen molar-refractivity contribution in [2.24, 2.45) is 29.1 Å². The maximum Gasteiger partial charge on any atom is 0.300 e. The van der Waals surface area contributed by atoms with E-state index in [2.05, 4.69) is 27.1 Å². The van der Waals surface area contributed by atoms with E-state index in [9.17, 15) is 24.0 Å². The molecular weight excluding hydrogens is 522 g/mol. The van der Waals surface area contributed by atoms with E-state index in [1.807, 2.05) is 6.07 Å². The zero-order valence-electron chi connectivity index (χ0n) is 22.7. The SMILES string of the molecule is CC(C#N)C(C)C(N)=O.N#CCC(=O)NN.N#CCC(N)=O.[C-]#[N+]CC(=O)NCCCCCCNC(=O)CC#N. The molecule has 0 spiro atoms. The quantitative estimate of drug-likeness (QED) is 0.0534. The summed E-state index contributed by atoms with van der Waals surface area (Å²) in [5.74, 6) is 2.09. The van der Waals surface area contributed by atoms with E-state index in [0.29, 0.717) is 13.1 Å². The van der Waals surface area contributed by atoms with Crippen LogP contribution >= 0.6 is 0 Å². The Labute approximate surface area is 234 Å². The molecule has 9 N–H and O–H groups in total. The molecule has 5 amide bonds. The molecule has 0 fully saturated rings. The van der Waals surface area contributed by atoms with E-state index >= 15 is 0 Å². The molecule has 0 aromatic carbocycles. The van der Waals surface area contributed by atoms with Crippen molar-refractivity contribution in [3.63, 3.8) is 0 Å². The van der Waals surface area contributed by atoms with Gasteiger partial charge in [-0.15, -0.1) is 0 Å². The average Bonchev–Trinajstić information content (AvgIpc) is 2.90. The van der Waals surface area contributed by atoms with E-state index in [0.717, 1.165) is 25.7 Å². The minimum atomic E-state index is -0.572. The molecule has 0 aliphatic carbocycles. The molecule has 0 heterocycles. The van der Waals surface area contributed by atoms with Crippen molar-refractivity contribution in [3.8, 4) is 24.3 Å². The summed E-state index contributed by atoms with van der Waals surface area (Å²) in [7, 11) is 0. The number of primary amides is 2. The molecule has 0 radical (unpaired) electrons. The summed E-state index contributed by atoms with van der Waals surface area (Å²) >= 11 is 0. The van der Waals surface area contributed by atoms with Gasteiger partial charge in [-0.05, 0) is 19.8 Å². The van der Waals surface area contributed by atoms with Crippen LogP contribution in [0.2, 0.25) is 0 Å². The van der Waals surface area contributed by atoms with Crippen molar-refractivity contribution in [2.75, 3.05) is 19.6 Å². The van der Waals surface area contributed by atoms with Gasteiger partial charge < -0.3 is 26.9 Å². The first-order valence-corrected chi connectivity index (χ1v) is 11.8. The number of hydrogen-bond donors (Lipinski definition) is 6. The van der Waals surface area contributed by atoms with Gasteiger partial charge in [-0.25, -0.2) is 12.4 Å². The van der Waals surface area contributed by atoms with Crippen molar-refractivity contribution in [1.82, 2.24) is 16.1 Å². The number of amides is 5. The Morgan fingerprint density at radius 3 is 1.50 bits per heavy atom. The maximum absolute atomic E-state index is 10.9. The monoisotopic (exact) mass is 559 g/mol. The highest BCUT2D eigenvalue weighted by atomic mass is 16.2. The highest BCUT2D eigenvalue weighted by Crippen LogP contribution is 2.07. The summed E-state index contributed by atoms with van der Waals surface area (Å²) in [5.41, 5.74) is 11.3. The van der Waals surface area contributed by atoms with Gasteiger partial charge in [-0.1, -0.05) is 19.8 Å². The number of nitrogens with two attached hydrogens (primary N) is 3. The number of carbonyl (C=O) groups is 5. The van der Waals surface area contributed by atoms with Gasteiger partial charge in [0.15, 0.2) is 0 Å². The van der Waals surface area contributed by atoms with Crippen LogP contribution in [-0.2, 0) is 24.0 Å². The Bertz CT molecular complexity index is 948. The molecule has 0 aliphatic rings. The van der Waals surface area contributed by atoms with Crippen molar-refractivity contribution >= 4 is 29.5 Å². The van der Waals surface area contributed by atoms with Crippen LogP contribution in [-0.4, -0.2) is 49.2 Å². The number of rotatable bonds is 13. The van der Waals surface area contributed by atoms with Gasteiger partial charge in [-0.3, -0.25) is 29.4 Å². The number of nitrogens with one attached hydrogen (secondary N) is 3. The fraction of sp³-hybridized carbons (Fsp3) is 0.583. The summed E-state index contributed by atoms with van der Waals surface area (Å²) in [6.07, 6.45) is 3.23. The Morgan fingerprint density at radius 1 is 0.775 bits per heavy atom. The molecule has 2 unspecified atom stereocenters. The molecular formula is C24H37N11O5. The van der Waals surface area contributed by atoms with E-state index in [4.69, 9.17) is 33.4 Å². The van der Waals surface area contributed by atoms with Gasteiger partial charge in [0.1, 0.15) is 19.3 Å². The van der Waals surface area contributed by atoms with E-state index in [-0.39, 0.29) is 49.5 Å². The zero-order chi connectivity index (χ0) is 31.8. The molecule has 0 aromatic rings. The third-order valence-electron chi connectivity index (χ3n) is 4.27. The molecule has 0 saturated carbocycles. The van der Waals surface area contributed by atoms with Crippen LogP contribution < -0.4 is 33.4 Å². The van der Waals surface area contributed by atoms with Gasteiger partial charge in [-0.2, -0.15) is 21.0 Å². The van der Waals surface area contributed by atoms with Gasteiger partial charge in [0.25, 0.3) is 12.5 Å². The third kappa shape index (κ3) is 37.3. The molecule has 0 saturated heterocycles. The highest BCUT2D eigenvalue weighted by molar-refractivity contribution is 5.79. The zero-order valence-corrected chi connectivity index (χ0v) is 22.7. The Hall–Kier alpha value is -5.24. The molecule has 0 bridgehead atoms. The molecule has 0 aliphatic heterocycles. The van der Waals surface area contributed by atoms with Crippen LogP contribution in [0, 0.1) is 63.7 Å². The Balaban J connectivity index is -0.000000245. The van der Waals surface area contributed by atoms with Crippen molar-refractivity contribution < 1.29 is 24.0 Å². The predicted octanol–water partition coefficient (Wildman–Crippen LogP) is -0.845. The molecule has 40 heavy (non-hydrogen) atoms.